The van der Waals surface area contributed by atoms with Gasteiger partial charge in [-0.2, -0.15) is 0 Å². The van der Waals surface area contributed by atoms with E-state index in [-0.39, 0.29) is 0 Å². The second-order valence-electron chi connectivity index (χ2n) is 9.85. The van der Waals surface area contributed by atoms with Crippen molar-refractivity contribution in [3.8, 4) is 0 Å². The molecule has 0 atom stereocenters. The molecule has 0 unspecified atom stereocenters. The third-order valence-corrected chi connectivity index (χ3v) is 6.20. The number of carbonyl (C=O) groups is 2. The molecule has 0 saturated heterocycles. The van der Waals surface area contributed by atoms with Gasteiger partial charge in [0, 0.05) is 0 Å². The summed E-state index contributed by atoms with van der Waals surface area (Å²) >= 11 is 0. The van der Waals surface area contributed by atoms with Gasteiger partial charge in [-0.25, -0.2) is 0 Å². The number of hydrogen-bond acceptors (Lipinski definition) is 2. The summed E-state index contributed by atoms with van der Waals surface area (Å²) in [5.74, 6) is -1.44. The molecule has 0 amide bonds. The van der Waals surface area contributed by atoms with Crippen LogP contribution in [-0.2, 0) is 22.4 Å². The number of hydrogen-bond donors (Lipinski definition) is 2. The summed E-state index contributed by atoms with van der Waals surface area (Å²) in [5.41, 5.74) is 4.11. The molecule has 0 fully saturated rings. The van der Waals surface area contributed by atoms with E-state index in [1.807, 2.05) is 0 Å². The van der Waals surface area contributed by atoms with Gasteiger partial charge in [0.1, 0.15) is 0 Å². The fourth-order valence-electron chi connectivity index (χ4n) is 3.63. The first kappa shape index (κ1) is 25.2. The Morgan fingerprint density at radius 1 is 0.690 bits per heavy atom. The monoisotopic (exact) mass is 404 g/mol. The predicted octanol–water partition coefficient (Wildman–Crippen LogP) is 6.34. The summed E-state index contributed by atoms with van der Waals surface area (Å²) in [6, 6.07) is 4.59. The average Bonchev–Trinajstić information content (AvgIpc) is 2.61. The van der Waals surface area contributed by atoms with Crippen LogP contribution in [0.2, 0.25) is 0 Å². The number of carboxylic acids is 2. The first-order chi connectivity index (χ1) is 13.4. The van der Waals surface area contributed by atoms with Gasteiger partial charge in [0.25, 0.3) is 0 Å². The fourth-order valence-corrected chi connectivity index (χ4v) is 3.63. The summed E-state index contributed by atoms with van der Waals surface area (Å²) in [5, 5.41) is 18.4. The molecule has 29 heavy (non-hydrogen) atoms. The van der Waals surface area contributed by atoms with Crippen molar-refractivity contribution in [1.29, 1.82) is 0 Å². The van der Waals surface area contributed by atoms with Crippen molar-refractivity contribution in [3.05, 3.63) is 34.4 Å². The maximum atomic E-state index is 11.2. The maximum absolute atomic E-state index is 11.2. The normalized spacial score (nSPS) is 12.2. The van der Waals surface area contributed by atoms with Gasteiger partial charge in [-0.1, -0.05) is 31.4 Å². The highest BCUT2D eigenvalue weighted by molar-refractivity contribution is 5.73. The fraction of sp³-hybridized carbons (Fsp3) is 0.680. The summed E-state index contributed by atoms with van der Waals surface area (Å²) in [6.07, 6.45) is 8.47. The van der Waals surface area contributed by atoms with Crippen molar-refractivity contribution >= 4 is 11.9 Å². The van der Waals surface area contributed by atoms with E-state index in [9.17, 15) is 19.8 Å². The van der Waals surface area contributed by atoms with Crippen molar-refractivity contribution in [2.24, 2.45) is 10.8 Å². The second kappa shape index (κ2) is 10.8. The van der Waals surface area contributed by atoms with E-state index in [0.717, 1.165) is 51.4 Å². The Hall–Kier alpha value is -1.84. The van der Waals surface area contributed by atoms with Crippen molar-refractivity contribution in [3.63, 3.8) is 0 Å². The quantitative estimate of drug-likeness (QED) is 0.376. The lowest BCUT2D eigenvalue weighted by Crippen LogP contribution is -2.23. The van der Waals surface area contributed by atoms with Crippen molar-refractivity contribution in [2.75, 3.05) is 0 Å². The molecule has 0 heterocycles. The zero-order valence-electron chi connectivity index (χ0n) is 19.2. The van der Waals surface area contributed by atoms with Gasteiger partial charge in [-0.15, -0.1) is 0 Å². The van der Waals surface area contributed by atoms with Crippen LogP contribution < -0.4 is 0 Å². The number of aryl methyl sites for hydroxylation is 4. The molecular formula is C25H40O4. The lowest BCUT2D eigenvalue weighted by Gasteiger charge is -2.19. The molecule has 1 rings (SSSR count). The van der Waals surface area contributed by atoms with E-state index in [1.54, 1.807) is 27.7 Å². The van der Waals surface area contributed by atoms with Crippen LogP contribution in [0.4, 0.5) is 0 Å². The van der Waals surface area contributed by atoms with E-state index >= 15 is 0 Å². The molecule has 0 saturated carbocycles. The molecule has 0 spiro atoms. The summed E-state index contributed by atoms with van der Waals surface area (Å²) < 4.78 is 0. The van der Waals surface area contributed by atoms with Crippen LogP contribution in [-0.4, -0.2) is 22.2 Å². The van der Waals surface area contributed by atoms with E-state index < -0.39 is 22.8 Å². The molecule has 0 radical (unpaired) electrons. The molecule has 4 nitrogen and oxygen atoms in total. The third-order valence-electron chi connectivity index (χ3n) is 6.20. The zero-order valence-corrected chi connectivity index (χ0v) is 19.2. The largest absolute Gasteiger partial charge is 0.481 e. The first-order valence-corrected chi connectivity index (χ1v) is 10.9. The Morgan fingerprint density at radius 2 is 1.03 bits per heavy atom. The van der Waals surface area contributed by atoms with Gasteiger partial charge in [0.15, 0.2) is 0 Å². The van der Waals surface area contributed by atoms with Gasteiger partial charge in [-0.05, 0) is 102 Å². The van der Waals surface area contributed by atoms with Gasteiger partial charge in [-0.3, -0.25) is 9.59 Å². The number of unbranched alkanes of at least 4 members (excludes halogenated alkanes) is 3. The molecule has 0 aromatic heterocycles. The van der Waals surface area contributed by atoms with Crippen molar-refractivity contribution < 1.29 is 19.8 Å². The highest BCUT2D eigenvalue weighted by Gasteiger charge is 2.26. The average molecular weight is 405 g/mol. The Morgan fingerprint density at radius 3 is 1.41 bits per heavy atom. The summed E-state index contributed by atoms with van der Waals surface area (Å²) in [6.45, 7) is 11.5. The van der Waals surface area contributed by atoms with Crippen LogP contribution in [0, 0.1) is 24.7 Å². The van der Waals surface area contributed by atoms with E-state index in [1.165, 1.54) is 22.3 Å². The first-order valence-electron chi connectivity index (χ1n) is 10.9. The lowest BCUT2D eigenvalue weighted by molar-refractivity contribution is -0.148. The van der Waals surface area contributed by atoms with Crippen molar-refractivity contribution in [2.45, 2.75) is 99.3 Å². The Bertz CT molecular complexity index is 701. The van der Waals surface area contributed by atoms with Crippen LogP contribution in [0.1, 0.15) is 94.9 Å². The Labute approximate surface area is 176 Å². The minimum atomic E-state index is -0.722. The zero-order chi connectivity index (χ0) is 22.2. The van der Waals surface area contributed by atoms with E-state index in [2.05, 4.69) is 26.0 Å². The third kappa shape index (κ3) is 8.20. The second-order valence-corrected chi connectivity index (χ2v) is 9.85. The molecular weight excluding hydrogens is 364 g/mol. The number of aliphatic carboxylic acids is 2. The molecule has 4 heteroatoms. The molecule has 0 aliphatic rings. The van der Waals surface area contributed by atoms with Crippen LogP contribution in [0.15, 0.2) is 12.1 Å². The molecule has 0 aliphatic carbocycles. The van der Waals surface area contributed by atoms with Crippen molar-refractivity contribution in [1.82, 2.24) is 0 Å². The van der Waals surface area contributed by atoms with Crippen LogP contribution in [0.3, 0.4) is 0 Å². The minimum Gasteiger partial charge on any atom is -0.481 e. The van der Waals surface area contributed by atoms with E-state index in [0.29, 0.717) is 6.42 Å². The molecule has 0 aliphatic heterocycles. The van der Waals surface area contributed by atoms with Gasteiger partial charge < -0.3 is 10.2 Å². The number of carboxylic acid groups (broad SMARTS) is 2. The maximum Gasteiger partial charge on any atom is 0.309 e. The Balaban J connectivity index is 2.47. The predicted molar refractivity (Wildman–Crippen MR) is 118 cm³/mol. The smallest absolute Gasteiger partial charge is 0.309 e. The molecule has 1 aromatic rings. The molecule has 2 N–H and O–H groups in total. The minimum absolute atomic E-state index is 0.631. The highest BCUT2D eigenvalue weighted by Crippen LogP contribution is 2.26. The van der Waals surface area contributed by atoms with Crippen LogP contribution >= 0.6 is 0 Å². The van der Waals surface area contributed by atoms with Crippen LogP contribution in [0.25, 0.3) is 0 Å². The summed E-state index contributed by atoms with van der Waals surface area (Å²) in [7, 11) is 0. The lowest BCUT2D eigenvalue weighted by atomic mass is 9.86. The van der Waals surface area contributed by atoms with Crippen LogP contribution in [0.5, 0.6) is 0 Å². The van der Waals surface area contributed by atoms with Gasteiger partial charge >= 0.3 is 11.9 Å². The highest BCUT2D eigenvalue weighted by atomic mass is 16.4. The number of rotatable bonds is 13. The molecule has 0 bridgehead atoms. The number of benzene rings is 1. The summed E-state index contributed by atoms with van der Waals surface area (Å²) in [4.78, 5) is 22.4. The SMILES string of the molecule is Cc1cc(CCCCC(C)(C)C(=O)O)c(C)cc1CCCCCC(C)(C)C(=O)O. The van der Waals surface area contributed by atoms with Gasteiger partial charge in [0.05, 0.1) is 10.8 Å². The molecule has 1 aromatic carbocycles. The van der Waals surface area contributed by atoms with Gasteiger partial charge in [0.2, 0.25) is 0 Å². The Kier molecular flexibility index (Phi) is 9.38. The topological polar surface area (TPSA) is 74.6 Å². The standard InChI is InChI=1S/C25H40O4/c1-18-17-21(13-9-11-15-25(5,6)23(28)29)19(2)16-20(18)12-8-7-10-14-24(3,4)22(26)27/h16-17H,7-15H2,1-6H3,(H,26,27)(H,28,29). The molecule has 164 valence electrons. The van der Waals surface area contributed by atoms with E-state index in [4.69, 9.17) is 0 Å².